The molecule has 2 aromatic rings. The number of halogens is 1. The predicted molar refractivity (Wildman–Crippen MR) is 101 cm³/mol. The van der Waals surface area contributed by atoms with Gasteiger partial charge in [0, 0.05) is 19.2 Å². The van der Waals surface area contributed by atoms with Gasteiger partial charge in [0.1, 0.15) is 0 Å². The van der Waals surface area contributed by atoms with Crippen molar-refractivity contribution in [1.82, 2.24) is 5.32 Å². The quantitative estimate of drug-likeness (QED) is 0.713. The van der Waals surface area contributed by atoms with E-state index in [0.717, 1.165) is 5.56 Å². The van der Waals surface area contributed by atoms with E-state index < -0.39 is 17.8 Å². The lowest BCUT2D eigenvalue weighted by molar-refractivity contribution is -0.131. The molecule has 0 bridgehead atoms. The minimum atomic E-state index is -1.15. The van der Waals surface area contributed by atoms with Gasteiger partial charge in [-0.15, -0.1) is 0 Å². The Morgan fingerprint density at radius 2 is 1.82 bits per heavy atom. The fraction of sp³-hybridized carbons (Fsp3) is 0.333. The van der Waals surface area contributed by atoms with Crippen LogP contribution in [0.4, 0.5) is 4.39 Å². The first-order valence-electron chi connectivity index (χ1n) is 8.93. The summed E-state index contributed by atoms with van der Waals surface area (Å²) in [4.78, 5) is 12.6. The number of nitriles is 1. The molecule has 0 saturated carbocycles. The third-order valence-electron chi connectivity index (χ3n) is 3.99. The van der Waals surface area contributed by atoms with Crippen molar-refractivity contribution in [1.29, 1.82) is 5.26 Å². The molecular formula is C21H23FN2O4. The van der Waals surface area contributed by atoms with Gasteiger partial charge in [-0.3, -0.25) is 4.79 Å². The fourth-order valence-corrected chi connectivity index (χ4v) is 2.66. The average Bonchev–Trinajstić information content (AvgIpc) is 2.71. The third kappa shape index (κ3) is 4.99. The number of nitrogens with zero attached hydrogens (tertiary/aromatic N) is 1. The van der Waals surface area contributed by atoms with Crippen LogP contribution in [0.3, 0.4) is 0 Å². The highest BCUT2D eigenvalue weighted by molar-refractivity contribution is 5.82. The average molecular weight is 386 g/mol. The van der Waals surface area contributed by atoms with Gasteiger partial charge in [-0.05, 0) is 43.7 Å². The van der Waals surface area contributed by atoms with Crippen LogP contribution in [-0.2, 0) is 16.1 Å². The van der Waals surface area contributed by atoms with Crippen molar-refractivity contribution in [3.8, 4) is 17.6 Å². The lowest BCUT2D eigenvalue weighted by Gasteiger charge is -2.19. The van der Waals surface area contributed by atoms with Gasteiger partial charge in [-0.2, -0.15) is 5.26 Å². The highest BCUT2D eigenvalue weighted by atomic mass is 19.1. The van der Waals surface area contributed by atoms with Crippen LogP contribution in [0, 0.1) is 17.1 Å². The molecule has 7 heteroatoms. The standard InChI is InChI=1S/C21H23FN2O4/c1-4-27-17-11-10-16(18(22)20(17)28-5-2)19(26-3)21(25)24-13-15-8-6-14(12-23)7-9-15/h6-11,19H,4-5,13H2,1-3H3,(H,24,25)/t19-/m0/s1. The largest absolute Gasteiger partial charge is 0.490 e. The maximum absolute atomic E-state index is 15.0. The number of hydrogen-bond acceptors (Lipinski definition) is 5. The van der Waals surface area contributed by atoms with Crippen molar-refractivity contribution in [3.05, 3.63) is 58.9 Å². The van der Waals surface area contributed by atoms with E-state index in [4.69, 9.17) is 19.5 Å². The van der Waals surface area contributed by atoms with Crippen LogP contribution in [-0.4, -0.2) is 26.2 Å². The summed E-state index contributed by atoms with van der Waals surface area (Å²) < 4.78 is 31.0. The van der Waals surface area contributed by atoms with Crippen molar-refractivity contribution in [2.45, 2.75) is 26.5 Å². The number of carbonyl (C=O) groups is 1. The van der Waals surface area contributed by atoms with Crippen LogP contribution < -0.4 is 14.8 Å². The van der Waals surface area contributed by atoms with E-state index in [-0.39, 0.29) is 30.2 Å². The minimum Gasteiger partial charge on any atom is -0.490 e. The molecule has 0 heterocycles. The Balaban J connectivity index is 2.19. The molecular weight excluding hydrogens is 363 g/mol. The van der Waals surface area contributed by atoms with E-state index in [0.29, 0.717) is 12.2 Å². The zero-order valence-electron chi connectivity index (χ0n) is 16.1. The van der Waals surface area contributed by atoms with E-state index in [1.54, 1.807) is 44.2 Å². The minimum absolute atomic E-state index is 0.0382. The topological polar surface area (TPSA) is 80.6 Å². The molecule has 28 heavy (non-hydrogen) atoms. The fourth-order valence-electron chi connectivity index (χ4n) is 2.66. The number of amides is 1. The normalized spacial score (nSPS) is 11.4. The van der Waals surface area contributed by atoms with Crippen molar-refractivity contribution >= 4 is 5.91 Å². The molecule has 1 atom stereocenters. The molecule has 1 N–H and O–H groups in total. The Morgan fingerprint density at radius 3 is 2.39 bits per heavy atom. The lowest BCUT2D eigenvalue weighted by atomic mass is 10.1. The predicted octanol–water partition coefficient (Wildman–Crippen LogP) is 3.50. The molecule has 148 valence electrons. The van der Waals surface area contributed by atoms with Crippen molar-refractivity contribution < 1.29 is 23.4 Å². The van der Waals surface area contributed by atoms with Crippen molar-refractivity contribution in [3.63, 3.8) is 0 Å². The molecule has 0 spiro atoms. The van der Waals surface area contributed by atoms with Gasteiger partial charge in [0.2, 0.25) is 0 Å². The summed E-state index contributed by atoms with van der Waals surface area (Å²) >= 11 is 0. The summed E-state index contributed by atoms with van der Waals surface area (Å²) in [5.74, 6) is -0.937. The number of nitrogens with one attached hydrogen (secondary N) is 1. The monoisotopic (exact) mass is 386 g/mol. The Kier molecular flexibility index (Phi) is 7.78. The molecule has 0 saturated heterocycles. The van der Waals surface area contributed by atoms with Crippen LogP contribution in [0.25, 0.3) is 0 Å². The number of ether oxygens (including phenoxy) is 3. The zero-order valence-corrected chi connectivity index (χ0v) is 16.1. The molecule has 0 unspecified atom stereocenters. The summed E-state index contributed by atoms with van der Waals surface area (Å²) in [6, 6.07) is 11.9. The SMILES string of the molecule is CCOc1ccc([C@H](OC)C(=O)NCc2ccc(C#N)cc2)c(F)c1OCC. The molecule has 0 aliphatic rings. The highest BCUT2D eigenvalue weighted by Crippen LogP contribution is 2.36. The Morgan fingerprint density at radius 1 is 1.14 bits per heavy atom. The van der Waals surface area contributed by atoms with Gasteiger partial charge < -0.3 is 19.5 Å². The highest BCUT2D eigenvalue weighted by Gasteiger charge is 2.27. The van der Waals surface area contributed by atoms with E-state index in [1.165, 1.54) is 13.2 Å². The number of hydrogen-bond donors (Lipinski definition) is 1. The van der Waals surface area contributed by atoms with Gasteiger partial charge in [0.05, 0.1) is 24.8 Å². The van der Waals surface area contributed by atoms with Gasteiger partial charge in [-0.1, -0.05) is 12.1 Å². The smallest absolute Gasteiger partial charge is 0.254 e. The number of benzene rings is 2. The van der Waals surface area contributed by atoms with Gasteiger partial charge in [-0.25, -0.2) is 4.39 Å². The van der Waals surface area contributed by atoms with Crippen LogP contribution >= 0.6 is 0 Å². The van der Waals surface area contributed by atoms with Crippen LogP contribution in [0.15, 0.2) is 36.4 Å². The lowest BCUT2D eigenvalue weighted by Crippen LogP contribution is -2.30. The first kappa shape index (κ1) is 21.2. The van der Waals surface area contributed by atoms with Crippen molar-refractivity contribution in [2.75, 3.05) is 20.3 Å². The first-order valence-corrected chi connectivity index (χ1v) is 8.93. The molecule has 0 fully saturated rings. The molecule has 0 aliphatic heterocycles. The zero-order chi connectivity index (χ0) is 20.5. The molecule has 2 rings (SSSR count). The second kappa shape index (κ2) is 10.3. The van der Waals surface area contributed by atoms with Gasteiger partial charge >= 0.3 is 0 Å². The summed E-state index contributed by atoms with van der Waals surface area (Å²) in [5.41, 5.74) is 1.40. The Bertz CT molecular complexity index is 847. The van der Waals surface area contributed by atoms with Gasteiger partial charge in [0.25, 0.3) is 5.91 Å². The molecule has 1 amide bonds. The number of methoxy groups -OCH3 is 1. The summed E-state index contributed by atoms with van der Waals surface area (Å²) in [5, 5.41) is 11.5. The summed E-state index contributed by atoms with van der Waals surface area (Å²) in [6.45, 7) is 4.36. The second-order valence-electron chi connectivity index (χ2n) is 5.80. The maximum atomic E-state index is 15.0. The Labute approximate surface area is 163 Å². The molecule has 2 aromatic carbocycles. The van der Waals surface area contributed by atoms with Crippen molar-refractivity contribution in [2.24, 2.45) is 0 Å². The van der Waals surface area contributed by atoms with Crippen LogP contribution in [0.2, 0.25) is 0 Å². The second-order valence-corrected chi connectivity index (χ2v) is 5.80. The number of carbonyl (C=O) groups excluding carboxylic acids is 1. The summed E-state index contributed by atoms with van der Waals surface area (Å²) in [7, 11) is 1.34. The van der Waals surface area contributed by atoms with E-state index in [1.807, 2.05) is 6.07 Å². The number of rotatable bonds is 9. The molecule has 0 radical (unpaired) electrons. The third-order valence-corrected chi connectivity index (χ3v) is 3.99. The first-order chi connectivity index (χ1) is 13.5. The molecule has 0 aliphatic carbocycles. The molecule has 6 nitrogen and oxygen atoms in total. The summed E-state index contributed by atoms with van der Waals surface area (Å²) in [6.07, 6.45) is -1.15. The van der Waals surface area contributed by atoms with E-state index >= 15 is 0 Å². The van der Waals surface area contributed by atoms with E-state index in [9.17, 15) is 9.18 Å². The van der Waals surface area contributed by atoms with E-state index in [2.05, 4.69) is 5.32 Å². The molecule has 0 aromatic heterocycles. The Hall–Kier alpha value is -3.11. The van der Waals surface area contributed by atoms with Gasteiger partial charge in [0.15, 0.2) is 23.4 Å². The maximum Gasteiger partial charge on any atom is 0.254 e. The van der Waals surface area contributed by atoms with Crippen LogP contribution in [0.1, 0.15) is 36.6 Å². The van der Waals surface area contributed by atoms with Crippen LogP contribution in [0.5, 0.6) is 11.5 Å².